The number of hydrogen-bond acceptors (Lipinski definition) is 1. The van der Waals surface area contributed by atoms with Crippen LogP contribution < -0.4 is 11.1 Å². The Balaban J connectivity index is 4.19. The molecule has 0 aliphatic carbocycles. The summed E-state index contributed by atoms with van der Waals surface area (Å²) in [6.07, 6.45) is 4.68. The van der Waals surface area contributed by atoms with Crippen molar-refractivity contribution < 1.29 is 4.58 Å². The minimum Gasteiger partial charge on any atom is -0.291 e. The largest absolute Gasteiger partial charge is 0.344 e. The van der Waals surface area contributed by atoms with Crippen molar-refractivity contribution >= 4 is 18.6 Å². The molecule has 0 aliphatic heterocycles. The van der Waals surface area contributed by atoms with E-state index in [9.17, 15) is 0 Å². The Morgan fingerprint density at radius 1 is 1.33 bits per heavy atom. The third-order valence-electron chi connectivity index (χ3n) is 2.35. The summed E-state index contributed by atoms with van der Waals surface area (Å²) in [7, 11) is 0. The van der Waals surface area contributed by atoms with E-state index in [0.717, 1.165) is 31.9 Å². The molecule has 4 heteroatoms. The van der Waals surface area contributed by atoms with Crippen LogP contribution in [0.3, 0.4) is 0 Å². The number of unbranched alkanes of at least 4 members (excludes halogenated alkanes) is 2. The number of nitrogens with two attached hydrogens (primary N) is 1. The minimum absolute atomic E-state index is 0.172. The predicted molar refractivity (Wildman–Crippen MR) is 70.6 cm³/mol. The summed E-state index contributed by atoms with van der Waals surface area (Å²) in [5.74, 6) is 0.763. The molecule has 0 radical (unpaired) electrons. The van der Waals surface area contributed by atoms with Crippen LogP contribution in [0.2, 0.25) is 0 Å². The van der Waals surface area contributed by atoms with E-state index in [4.69, 9.17) is 5.73 Å². The summed E-state index contributed by atoms with van der Waals surface area (Å²) >= 11 is 4.44. The van der Waals surface area contributed by atoms with Crippen LogP contribution in [-0.2, 0) is 0 Å². The van der Waals surface area contributed by atoms with Crippen LogP contribution in [0.5, 0.6) is 0 Å². The van der Waals surface area contributed by atoms with Crippen LogP contribution in [0.4, 0.5) is 0 Å². The highest BCUT2D eigenvalue weighted by atomic mass is 32.1. The van der Waals surface area contributed by atoms with Crippen molar-refractivity contribution in [2.45, 2.75) is 51.8 Å². The molecule has 0 rings (SSSR count). The van der Waals surface area contributed by atoms with Gasteiger partial charge in [-0.1, -0.05) is 26.7 Å². The molecule has 0 aromatic heterocycles. The summed E-state index contributed by atoms with van der Waals surface area (Å²) in [5.41, 5.74) is 5.98. The van der Waals surface area contributed by atoms with E-state index in [-0.39, 0.29) is 5.37 Å². The topological polar surface area (TPSA) is 41.1 Å². The van der Waals surface area contributed by atoms with E-state index in [0.29, 0.717) is 0 Å². The van der Waals surface area contributed by atoms with Gasteiger partial charge in [-0.25, -0.2) is 0 Å². The average molecular weight is 232 g/mol. The maximum Gasteiger partial charge on any atom is 0.344 e. The van der Waals surface area contributed by atoms with Gasteiger partial charge >= 0.3 is 5.96 Å². The molecule has 0 aliphatic rings. The van der Waals surface area contributed by atoms with Crippen molar-refractivity contribution in [3.63, 3.8) is 0 Å². The van der Waals surface area contributed by atoms with Gasteiger partial charge in [0.25, 0.3) is 0 Å². The lowest BCUT2D eigenvalue weighted by Crippen LogP contribution is -2.43. The van der Waals surface area contributed by atoms with Crippen LogP contribution in [0.25, 0.3) is 0 Å². The Hall–Kier alpha value is -0.380. The van der Waals surface area contributed by atoms with Gasteiger partial charge in [0.15, 0.2) is 0 Å². The molecular weight excluding hydrogens is 206 g/mol. The molecule has 0 amide bonds. The predicted octanol–water partition coefficient (Wildman–Crippen LogP) is 1.78. The quantitative estimate of drug-likeness (QED) is 0.156. The van der Waals surface area contributed by atoms with Crippen molar-refractivity contribution in [3.05, 3.63) is 0 Å². The smallest absolute Gasteiger partial charge is 0.291 e. The number of thiol groups is 1. The van der Waals surface area contributed by atoms with E-state index in [2.05, 4.69) is 36.4 Å². The minimum atomic E-state index is 0.172. The fourth-order valence-electron chi connectivity index (χ4n) is 1.33. The average Bonchev–Trinajstić information content (AvgIpc) is 2.18. The molecule has 3 N–H and O–H groups in total. The summed E-state index contributed by atoms with van der Waals surface area (Å²) in [6.45, 7) is 8.33. The number of nitrogens with one attached hydrogen (secondary N) is 1. The van der Waals surface area contributed by atoms with E-state index in [1.807, 2.05) is 6.92 Å². The highest BCUT2D eigenvalue weighted by molar-refractivity contribution is 7.80. The van der Waals surface area contributed by atoms with E-state index < -0.39 is 0 Å². The lowest BCUT2D eigenvalue weighted by atomic mass is 10.3. The van der Waals surface area contributed by atoms with Crippen LogP contribution in [0, 0.1) is 0 Å². The van der Waals surface area contributed by atoms with Gasteiger partial charge in [-0.2, -0.15) is 0 Å². The zero-order valence-corrected chi connectivity index (χ0v) is 11.2. The van der Waals surface area contributed by atoms with Gasteiger partial charge in [0.2, 0.25) is 0 Å². The van der Waals surface area contributed by atoms with Gasteiger partial charge in [0.05, 0.1) is 13.1 Å². The third-order valence-corrected chi connectivity index (χ3v) is 2.63. The highest BCUT2D eigenvalue weighted by Crippen LogP contribution is 1.98. The van der Waals surface area contributed by atoms with Crippen molar-refractivity contribution in [1.82, 2.24) is 5.32 Å². The summed E-state index contributed by atoms with van der Waals surface area (Å²) in [6, 6.07) is 0. The molecule has 15 heavy (non-hydrogen) atoms. The SMILES string of the molecule is CCCCN/C(N)=[N+](\CCCC)C(C)S. The second kappa shape index (κ2) is 8.89. The molecule has 90 valence electrons. The van der Waals surface area contributed by atoms with Crippen LogP contribution >= 0.6 is 12.6 Å². The Bertz CT molecular complexity index is 190. The van der Waals surface area contributed by atoms with Crippen LogP contribution in [0.15, 0.2) is 0 Å². The third kappa shape index (κ3) is 6.66. The zero-order valence-electron chi connectivity index (χ0n) is 10.3. The molecule has 0 saturated carbocycles. The second-order valence-electron chi connectivity index (χ2n) is 3.84. The molecule has 0 saturated heterocycles. The second-order valence-corrected chi connectivity index (χ2v) is 4.59. The summed E-state index contributed by atoms with van der Waals surface area (Å²) in [4.78, 5) is 0. The molecule has 0 aromatic rings. The van der Waals surface area contributed by atoms with Gasteiger partial charge in [0.1, 0.15) is 5.37 Å². The maximum atomic E-state index is 5.98. The van der Waals surface area contributed by atoms with E-state index in [1.54, 1.807) is 0 Å². The number of guanidine groups is 1. The van der Waals surface area contributed by atoms with E-state index >= 15 is 0 Å². The molecule has 0 spiro atoms. The Morgan fingerprint density at radius 2 is 1.93 bits per heavy atom. The molecule has 1 atom stereocenters. The van der Waals surface area contributed by atoms with Gasteiger partial charge in [-0.15, -0.1) is 12.6 Å². The lowest BCUT2D eigenvalue weighted by molar-refractivity contribution is -0.541. The fourth-order valence-corrected chi connectivity index (χ4v) is 1.57. The lowest BCUT2D eigenvalue weighted by Gasteiger charge is -2.14. The van der Waals surface area contributed by atoms with Crippen molar-refractivity contribution in [3.8, 4) is 0 Å². The van der Waals surface area contributed by atoms with Gasteiger partial charge in [-0.3, -0.25) is 15.6 Å². The normalized spacial score (nSPS) is 14.7. The maximum absolute atomic E-state index is 5.98. The van der Waals surface area contributed by atoms with Crippen molar-refractivity contribution in [2.75, 3.05) is 13.1 Å². The molecule has 3 nitrogen and oxygen atoms in total. The number of rotatable bonds is 7. The zero-order chi connectivity index (χ0) is 11.7. The van der Waals surface area contributed by atoms with Crippen molar-refractivity contribution in [1.29, 1.82) is 0 Å². The first-order chi connectivity index (χ1) is 7.13. The van der Waals surface area contributed by atoms with Crippen molar-refractivity contribution in [2.24, 2.45) is 5.73 Å². The first-order valence-corrected chi connectivity index (χ1v) is 6.46. The van der Waals surface area contributed by atoms with Crippen LogP contribution in [0.1, 0.15) is 46.5 Å². The molecule has 0 fully saturated rings. The van der Waals surface area contributed by atoms with Gasteiger partial charge < -0.3 is 0 Å². The van der Waals surface area contributed by atoms with Gasteiger partial charge in [-0.05, 0) is 19.8 Å². The Kier molecular flexibility index (Phi) is 8.67. The molecule has 0 aromatic carbocycles. The summed E-state index contributed by atoms with van der Waals surface area (Å²) in [5, 5.41) is 3.42. The van der Waals surface area contributed by atoms with Crippen LogP contribution in [-0.4, -0.2) is 29.0 Å². The van der Waals surface area contributed by atoms with E-state index in [1.165, 1.54) is 12.8 Å². The fraction of sp³-hybridized carbons (Fsp3) is 0.909. The molecule has 1 unspecified atom stereocenters. The Labute approximate surface area is 99.5 Å². The highest BCUT2D eigenvalue weighted by Gasteiger charge is 2.11. The molecule has 0 heterocycles. The number of nitrogens with zero attached hydrogens (tertiary/aromatic N) is 1. The first kappa shape index (κ1) is 14.6. The summed E-state index contributed by atoms with van der Waals surface area (Å²) < 4.78 is 2.11. The Morgan fingerprint density at radius 3 is 2.40 bits per heavy atom. The molecular formula is C11H26N3S+. The van der Waals surface area contributed by atoms with Gasteiger partial charge in [0, 0.05) is 0 Å². The molecule has 0 bridgehead atoms. The number of hydrogen-bond donors (Lipinski definition) is 3. The standard InChI is InChI=1S/C11H25N3S/c1-4-6-8-13-11(12)14(10(3)15)9-7-5-2/h10H,4-9H2,1-3H3,(H3,12,13,15)/p+1. The monoisotopic (exact) mass is 232 g/mol. The first-order valence-electron chi connectivity index (χ1n) is 5.94.